The molecule has 0 radical (unpaired) electrons. The quantitative estimate of drug-likeness (QED) is 0.817. The van der Waals surface area contributed by atoms with Gasteiger partial charge in [0.2, 0.25) is 0 Å². The minimum absolute atomic E-state index is 0.288. The molecule has 2 unspecified atom stereocenters. The molecule has 2 atom stereocenters. The second-order valence-electron chi connectivity index (χ2n) is 4.27. The number of benzene rings is 1. The minimum Gasteiger partial charge on any atom is -0.362 e. The van der Waals surface area contributed by atoms with Gasteiger partial charge in [0.15, 0.2) is 0 Å². The topological polar surface area (TPSA) is 39.1 Å². The Morgan fingerprint density at radius 1 is 1.38 bits per heavy atom. The van der Waals surface area contributed by atoms with Crippen LogP contribution < -0.4 is 10.2 Å². The van der Waals surface area contributed by atoms with Crippen LogP contribution in [-0.4, -0.2) is 25.2 Å². The summed E-state index contributed by atoms with van der Waals surface area (Å²) >= 11 is 0. The van der Waals surface area contributed by atoms with E-state index in [4.69, 9.17) is 5.26 Å². The molecular weight excluding hydrogens is 198 g/mol. The van der Waals surface area contributed by atoms with Crippen LogP contribution in [0.3, 0.4) is 0 Å². The van der Waals surface area contributed by atoms with Crippen molar-refractivity contribution >= 4 is 5.69 Å². The normalized spacial score (nSPS) is 25.1. The molecule has 0 spiro atoms. The zero-order valence-corrected chi connectivity index (χ0v) is 9.56. The molecular formula is C13H17N3. The number of piperazine rings is 1. The van der Waals surface area contributed by atoms with Crippen molar-refractivity contribution in [3.05, 3.63) is 30.3 Å². The first kappa shape index (κ1) is 11.0. The molecule has 0 aromatic heterocycles. The van der Waals surface area contributed by atoms with Crippen LogP contribution in [-0.2, 0) is 0 Å². The van der Waals surface area contributed by atoms with E-state index in [2.05, 4.69) is 35.3 Å². The fourth-order valence-corrected chi connectivity index (χ4v) is 2.36. The molecule has 0 bridgehead atoms. The maximum atomic E-state index is 8.87. The molecule has 1 aromatic rings. The maximum absolute atomic E-state index is 8.87. The van der Waals surface area contributed by atoms with Gasteiger partial charge in [-0.3, -0.25) is 0 Å². The zero-order valence-electron chi connectivity index (χ0n) is 9.56. The minimum atomic E-state index is 0.288. The molecule has 1 aliphatic heterocycles. The Kier molecular flexibility index (Phi) is 3.43. The highest BCUT2D eigenvalue weighted by atomic mass is 15.2. The van der Waals surface area contributed by atoms with Crippen molar-refractivity contribution in [1.82, 2.24) is 5.32 Å². The summed E-state index contributed by atoms with van der Waals surface area (Å²) in [6.07, 6.45) is 0.576. The lowest BCUT2D eigenvalue weighted by molar-refractivity contribution is 0.417. The van der Waals surface area contributed by atoms with Gasteiger partial charge in [-0.05, 0) is 19.1 Å². The fraction of sp³-hybridized carbons (Fsp3) is 0.462. The summed E-state index contributed by atoms with van der Waals surface area (Å²) in [4.78, 5) is 2.36. The van der Waals surface area contributed by atoms with Crippen molar-refractivity contribution in [2.75, 3.05) is 18.0 Å². The van der Waals surface area contributed by atoms with Crippen molar-refractivity contribution < 1.29 is 0 Å². The number of rotatable bonds is 2. The van der Waals surface area contributed by atoms with Gasteiger partial charge in [0.05, 0.1) is 18.5 Å². The average Bonchev–Trinajstić information content (AvgIpc) is 2.31. The van der Waals surface area contributed by atoms with Crippen LogP contribution in [0.25, 0.3) is 0 Å². The monoisotopic (exact) mass is 215 g/mol. The van der Waals surface area contributed by atoms with E-state index >= 15 is 0 Å². The number of para-hydroxylation sites is 1. The van der Waals surface area contributed by atoms with Gasteiger partial charge in [-0.25, -0.2) is 0 Å². The van der Waals surface area contributed by atoms with Gasteiger partial charge in [0.1, 0.15) is 0 Å². The van der Waals surface area contributed by atoms with Crippen LogP contribution in [0.5, 0.6) is 0 Å². The third-order valence-corrected chi connectivity index (χ3v) is 3.07. The van der Waals surface area contributed by atoms with E-state index in [0.717, 1.165) is 13.1 Å². The van der Waals surface area contributed by atoms with E-state index in [0.29, 0.717) is 12.5 Å². The SMILES string of the molecule is CC1CNCC(CC#N)N1c1ccccc1. The lowest BCUT2D eigenvalue weighted by Crippen LogP contribution is -2.56. The first-order valence-electron chi connectivity index (χ1n) is 5.74. The van der Waals surface area contributed by atoms with E-state index in [1.807, 2.05) is 18.2 Å². The van der Waals surface area contributed by atoms with Crippen molar-refractivity contribution in [2.24, 2.45) is 0 Å². The summed E-state index contributed by atoms with van der Waals surface area (Å²) in [5.41, 5.74) is 1.22. The van der Waals surface area contributed by atoms with Gasteiger partial charge < -0.3 is 10.2 Å². The molecule has 1 saturated heterocycles. The first-order chi connectivity index (χ1) is 7.83. The van der Waals surface area contributed by atoms with Gasteiger partial charge in [-0.2, -0.15) is 5.26 Å². The molecule has 3 nitrogen and oxygen atoms in total. The van der Waals surface area contributed by atoms with Gasteiger partial charge in [-0.15, -0.1) is 0 Å². The molecule has 84 valence electrons. The van der Waals surface area contributed by atoms with Crippen LogP contribution in [0.4, 0.5) is 5.69 Å². The highest BCUT2D eigenvalue weighted by molar-refractivity contribution is 5.49. The van der Waals surface area contributed by atoms with Crippen LogP contribution in [0, 0.1) is 11.3 Å². The van der Waals surface area contributed by atoms with E-state index < -0.39 is 0 Å². The second kappa shape index (κ2) is 5.00. The summed E-state index contributed by atoms with van der Waals surface area (Å²) < 4.78 is 0. The Balaban J connectivity index is 2.23. The van der Waals surface area contributed by atoms with Crippen molar-refractivity contribution in [3.8, 4) is 6.07 Å². The zero-order chi connectivity index (χ0) is 11.4. The summed E-state index contributed by atoms with van der Waals surface area (Å²) in [5.74, 6) is 0. The first-order valence-corrected chi connectivity index (χ1v) is 5.74. The van der Waals surface area contributed by atoms with E-state index in [9.17, 15) is 0 Å². The van der Waals surface area contributed by atoms with Crippen LogP contribution >= 0.6 is 0 Å². The Hall–Kier alpha value is -1.53. The summed E-state index contributed by atoms with van der Waals surface area (Å²) in [5, 5.41) is 12.2. The van der Waals surface area contributed by atoms with Crippen molar-refractivity contribution in [2.45, 2.75) is 25.4 Å². The summed E-state index contributed by atoms with van der Waals surface area (Å²) in [7, 11) is 0. The summed E-state index contributed by atoms with van der Waals surface area (Å²) in [6, 6.07) is 13.4. The lowest BCUT2D eigenvalue weighted by Gasteiger charge is -2.42. The van der Waals surface area contributed by atoms with Gasteiger partial charge in [0, 0.05) is 24.8 Å². The third kappa shape index (κ3) is 2.17. The third-order valence-electron chi connectivity index (χ3n) is 3.07. The van der Waals surface area contributed by atoms with Crippen molar-refractivity contribution in [1.29, 1.82) is 5.26 Å². The van der Waals surface area contributed by atoms with E-state index in [1.54, 1.807) is 0 Å². The Labute approximate surface area is 96.7 Å². The number of hydrogen-bond donors (Lipinski definition) is 1. The predicted molar refractivity (Wildman–Crippen MR) is 65.3 cm³/mol. The van der Waals surface area contributed by atoms with Crippen LogP contribution in [0.1, 0.15) is 13.3 Å². The van der Waals surface area contributed by atoms with E-state index in [1.165, 1.54) is 5.69 Å². The number of nitrogens with one attached hydrogen (secondary N) is 1. The molecule has 1 fully saturated rings. The molecule has 3 heteroatoms. The summed E-state index contributed by atoms with van der Waals surface area (Å²) in [6.45, 7) is 4.08. The largest absolute Gasteiger partial charge is 0.362 e. The number of nitriles is 1. The van der Waals surface area contributed by atoms with Crippen LogP contribution in [0.15, 0.2) is 30.3 Å². The number of nitrogens with zero attached hydrogens (tertiary/aromatic N) is 2. The number of hydrogen-bond acceptors (Lipinski definition) is 3. The molecule has 1 aromatic carbocycles. The van der Waals surface area contributed by atoms with Gasteiger partial charge >= 0.3 is 0 Å². The second-order valence-corrected chi connectivity index (χ2v) is 4.27. The smallest absolute Gasteiger partial charge is 0.0643 e. The van der Waals surface area contributed by atoms with E-state index in [-0.39, 0.29) is 6.04 Å². The molecule has 0 saturated carbocycles. The molecule has 1 aliphatic rings. The molecule has 1 heterocycles. The Bertz CT molecular complexity index is 369. The molecule has 0 amide bonds. The maximum Gasteiger partial charge on any atom is 0.0643 e. The molecule has 16 heavy (non-hydrogen) atoms. The molecule has 1 N–H and O–H groups in total. The van der Waals surface area contributed by atoms with Gasteiger partial charge in [0.25, 0.3) is 0 Å². The van der Waals surface area contributed by atoms with Gasteiger partial charge in [-0.1, -0.05) is 18.2 Å². The standard InChI is InChI=1S/C13H17N3/c1-11-9-15-10-13(7-8-14)16(11)12-5-3-2-4-6-12/h2-6,11,13,15H,7,9-10H2,1H3. The fourth-order valence-electron chi connectivity index (χ4n) is 2.36. The highest BCUT2D eigenvalue weighted by Crippen LogP contribution is 2.22. The molecule has 2 rings (SSSR count). The molecule has 0 aliphatic carbocycles. The number of anilines is 1. The Morgan fingerprint density at radius 3 is 2.81 bits per heavy atom. The Morgan fingerprint density at radius 2 is 2.12 bits per heavy atom. The predicted octanol–water partition coefficient (Wildman–Crippen LogP) is 1.77. The average molecular weight is 215 g/mol. The van der Waals surface area contributed by atoms with Crippen molar-refractivity contribution in [3.63, 3.8) is 0 Å². The highest BCUT2D eigenvalue weighted by Gasteiger charge is 2.27. The van der Waals surface area contributed by atoms with Crippen LogP contribution in [0.2, 0.25) is 0 Å². The lowest BCUT2D eigenvalue weighted by atomic mass is 10.0.